The molecule has 2 aliphatic heterocycles. The van der Waals surface area contributed by atoms with Crippen molar-refractivity contribution in [2.24, 2.45) is 5.73 Å². The Morgan fingerprint density at radius 3 is 2.13 bits per heavy atom. The first kappa shape index (κ1) is 25.5. The number of nitrogens with two attached hydrogens (primary N) is 1. The van der Waals surface area contributed by atoms with Gasteiger partial charge in [0, 0.05) is 32.2 Å². The Morgan fingerprint density at radius 2 is 1.49 bits per heavy atom. The molecule has 6 rings (SSSR count). The summed E-state index contributed by atoms with van der Waals surface area (Å²) in [4.78, 5) is 20.8. The minimum Gasteiger partial charge on any atom is -0.363 e. The smallest absolute Gasteiger partial charge is 0.288 e. The second kappa shape index (κ2) is 11.1. The molecule has 4 aromatic rings. The van der Waals surface area contributed by atoms with Gasteiger partial charge >= 0.3 is 0 Å². The molecule has 1 aromatic heterocycles. The number of amides is 1. The molecule has 0 radical (unpaired) electrons. The Morgan fingerprint density at radius 1 is 0.846 bits per heavy atom. The maximum absolute atomic E-state index is 11.4. The van der Waals surface area contributed by atoms with Gasteiger partial charge in [-0.3, -0.25) is 14.6 Å². The Kier molecular flexibility index (Phi) is 7.26. The van der Waals surface area contributed by atoms with E-state index in [0.29, 0.717) is 5.82 Å². The molecule has 2 N–H and O–H groups in total. The first-order valence-corrected chi connectivity index (χ1v) is 14.0. The molecule has 2 saturated heterocycles. The fraction of sp³-hybridized carbons (Fsp3) is 0.344. The number of benzene rings is 3. The number of carbonyl (C=O) groups excluding carboxylic acids is 1. The lowest BCUT2D eigenvalue weighted by Gasteiger charge is -2.44. The van der Waals surface area contributed by atoms with Crippen molar-refractivity contribution < 1.29 is 4.79 Å². The predicted molar refractivity (Wildman–Crippen MR) is 154 cm³/mol. The summed E-state index contributed by atoms with van der Waals surface area (Å²) in [6, 6.07) is 26.9. The highest BCUT2D eigenvalue weighted by Crippen LogP contribution is 2.25. The summed E-state index contributed by atoms with van der Waals surface area (Å²) in [5.41, 5.74) is 12.5. The van der Waals surface area contributed by atoms with Gasteiger partial charge in [0.15, 0.2) is 0 Å². The highest BCUT2D eigenvalue weighted by Gasteiger charge is 2.28. The molecule has 3 aromatic carbocycles. The first-order valence-electron chi connectivity index (χ1n) is 14.0. The molecule has 0 saturated carbocycles. The zero-order chi connectivity index (χ0) is 26.8. The molecule has 2 fully saturated rings. The van der Waals surface area contributed by atoms with Crippen molar-refractivity contribution in [2.45, 2.75) is 45.2 Å². The molecule has 0 spiro atoms. The monoisotopic (exact) mass is 520 g/mol. The normalized spacial score (nSPS) is 18.1. The molecule has 0 aliphatic carbocycles. The van der Waals surface area contributed by atoms with Crippen molar-refractivity contribution in [3.05, 3.63) is 101 Å². The molecule has 200 valence electrons. The number of fused-ring (bicyclic) bond motifs is 1. The molecule has 1 atom stereocenters. The number of carbonyl (C=O) groups is 1. The number of rotatable bonds is 7. The third-order valence-electron chi connectivity index (χ3n) is 8.15. The van der Waals surface area contributed by atoms with Crippen LogP contribution in [0.3, 0.4) is 0 Å². The summed E-state index contributed by atoms with van der Waals surface area (Å²) in [5, 5.41) is 4.21. The molecule has 7 nitrogen and oxygen atoms in total. The van der Waals surface area contributed by atoms with Crippen LogP contribution in [0.5, 0.6) is 0 Å². The van der Waals surface area contributed by atoms with Crippen LogP contribution < -0.4 is 5.73 Å². The predicted octanol–water partition coefficient (Wildman–Crippen LogP) is 4.60. The molecule has 39 heavy (non-hydrogen) atoms. The van der Waals surface area contributed by atoms with E-state index in [1.807, 2.05) is 12.1 Å². The van der Waals surface area contributed by atoms with Gasteiger partial charge in [0.05, 0.1) is 5.69 Å². The van der Waals surface area contributed by atoms with Gasteiger partial charge in [0.25, 0.3) is 5.91 Å². The highest BCUT2D eigenvalue weighted by molar-refractivity contribution is 5.88. The van der Waals surface area contributed by atoms with Crippen molar-refractivity contribution in [3.8, 4) is 16.8 Å². The van der Waals surface area contributed by atoms with Crippen LogP contribution in [0.4, 0.5) is 0 Å². The summed E-state index contributed by atoms with van der Waals surface area (Å²) in [6.45, 7) is 7.76. The number of nitrogens with zero attached hydrogens (tertiary/aromatic N) is 5. The van der Waals surface area contributed by atoms with Crippen LogP contribution in [0.25, 0.3) is 16.8 Å². The average molecular weight is 521 g/mol. The maximum Gasteiger partial charge on any atom is 0.288 e. The van der Waals surface area contributed by atoms with Gasteiger partial charge in [0.1, 0.15) is 5.82 Å². The van der Waals surface area contributed by atoms with Crippen LogP contribution in [-0.2, 0) is 13.0 Å². The Labute approximate surface area is 230 Å². The summed E-state index contributed by atoms with van der Waals surface area (Å²) < 4.78 is 1.64. The van der Waals surface area contributed by atoms with Crippen LogP contribution >= 0.6 is 0 Å². The van der Waals surface area contributed by atoms with E-state index in [1.54, 1.807) is 11.6 Å². The maximum atomic E-state index is 11.4. The van der Waals surface area contributed by atoms with Crippen LogP contribution in [-0.4, -0.2) is 62.7 Å². The number of aromatic nitrogens is 3. The van der Waals surface area contributed by atoms with Gasteiger partial charge in [-0.25, -0.2) is 9.67 Å². The quantitative estimate of drug-likeness (QED) is 0.385. The van der Waals surface area contributed by atoms with E-state index in [0.717, 1.165) is 24.7 Å². The van der Waals surface area contributed by atoms with Gasteiger partial charge in [-0.05, 0) is 72.7 Å². The van der Waals surface area contributed by atoms with E-state index in [2.05, 4.69) is 80.5 Å². The topological polar surface area (TPSA) is 80.3 Å². The molecule has 0 unspecified atom stereocenters. The van der Waals surface area contributed by atoms with Gasteiger partial charge in [-0.1, -0.05) is 67.1 Å². The number of primary amides is 1. The Hall–Kier alpha value is -3.81. The summed E-state index contributed by atoms with van der Waals surface area (Å²) in [7, 11) is 0. The Balaban J connectivity index is 1.06. The lowest BCUT2D eigenvalue weighted by molar-refractivity contribution is 0.0457. The van der Waals surface area contributed by atoms with Crippen molar-refractivity contribution in [1.29, 1.82) is 0 Å². The second-order valence-electron chi connectivity index (χ2n) is 10.9. The molecular formula is C32H36N6O. The third kappa shape index (κ3) is 5.79. The second-order valence-corrected chi connectivity index (χ2v) is 10.9. The lowest BCUT2D eigenvalue weighted by Crippen LogP contribution is -2.54. The fourth-order valence-corrected chi connectivity index (χ4v) is 5.97. The van der Waals surface area contributed by atoms with E-state index in [9.17, 15) is 4.79 Å². The van der Waals surface area contributed by atoms with Gasteiger partial charge in [0.2, 0.25) is 5.82 Å². The summed E-state index contributed by atoms with van der Waals surface area (Å²) in [5.74, 6) is 0.0347. The van der Waals surface area contributed by atoms with Crippen LogP contribution in [0.2, 0.25) is 0 Å². The van der Waals surface area contributed by atoms with Crippen molar-refractivity contribution >= 4 is 5.91 Å². The zero-order valence-corrected chi connectivity index (χ0v) is 22.6. The molecule has 3 heterocycles. The van der Waals surface area contributed by atoms with Gasteiger partial charge < -0.3 is 5.73 Å². The van der Waals surface area contributed by atoms with Crippen LogP contribution in [0.1, 0.15) is 52.4 Å². The first-order chi connectivity index (χ1) is 19.0. The number of hydrogen-bond acceptors (Lipinski definition) is 5. The molecule has 7 heteroatoms. The average Bonchev–Trinajstić information content (AvgIpc) is 3.36. The van der Waals surface area contributed by atoms with Crippen molar-refractivity contribution in [3.63, 3.8) is 0 Å². The third-order valence-corrected chi connectivity index (χ3v) is 8.15. The van der Waals surface area contributed by atoms with Gasteiger partial charge in [-0.2, -0.15) is 0 Å². The molecular weight excluding hydrogens is 484 g/mol. The minimum absolute atomic E-state index is 0.0315. The van der Waals surface area contributed by atoms with Crippen molar-refractivity contribution in [2.75, 3.05) is 26.2 Å². The highest BCUT2D eigenvalue weighted by atomic mass is 16.1. The molecule has 1 amide bonds. The number of aryl methyl sites for hydroxylation is 1. The van der Waals surface area contributed by atoms with Crippen LogP contribution in [0.15, 0.2) is 72.8 Å². The molecule has 2 aliphatic rings. The van der Waals surface area contributed by atoms with Crippen molar-refractivity contribution in [1.82, 2.24) is 24.6 Å². The minimum atomic E-state index is -0.624. The fourth-order valence-electron chi connectivity index (χ4n) is 5.97. The van der Waals surface area contributed by atoms with E-state index in [-0.39, 0.29) is 5.82 Å². The van der Waals surface area contributed by atoms with Crippen LogP contribution in [0, 0.1) is 6.92 Å². The SMILES string of the molecule is Cc1nc(C(N)=O)nn1-c1ccc(Cc2ccc(-c3ccc(CN4CCN5CCCC[C@@H]5C4)cc3)cc2)cc1. The van der Waals surface area contributed by atoms with E-state index in [4.69, 9.17) is 5.73 Å². The number of piperazine rings is 1. The van der Waals surface area contributed by atoms with Gasteiger partial charge in [-0.15, -0.1) is 5.10 Å². The zero-order valence-electron chi connectivity index (χ0n) is 22.6. The number of piperidine rings is 1. The largest absolute Gasteiger partial charge is 0.363 e. The summed E-state index contributed by atoms with van der Waals surface area (Å²) in [6.07, 6.45) is 4.96. The van der Waals surface area contributed by atoms with E-state index < -0.39 is 5.91 Å². The Bertz CT molecular complexity index is 1430. The molecule has 0 bridgehead atoms. The standard InChI is InChI=1S/C32H36N6O/c1-23-34-32(31(33)39)35-38(23)29-15-9-25(10-16-29)20-24-5-11-27(12-6-24)28-13-7-26(8-14-28)21-36-18-19-37-17-3-2-4-30(37)22-36/h5-16,30H,2-4,17-22H2,1H3,(H2,33,39)/t30-/m1/s1. The summed E-state index contributed by atoms with van der Waals surface area (Å²) >= 11 is 0. The lowest BCUT2D eigenvalue weighted by atomic mass is 9.98. The number of hydrogen-bond donors (Lipinski definition) is 1. The van der Waals surface area contributed by atoms with E-state index in [1.165, 1.54) is 73.3 Å². The van der Waals surface area contributed by atoms with E-state index >= 15 is 0 Å².